The van der Waals surface area contributed by atoms with Crippen LogP contribution in [0.25, 0.3) is 0 Å². The summed E-state index contributed by atoms with van der Waals surface area (Å²) in [4.78, 5) is 22.2. The molecule has 0 aliphatic carbocycles. The van der Waals surface area contributed by atoms with Crippen LogP contribution in [-0.2, 0) is 11.3 Å². The van der Waals surface area contributed by atoms with Crippen molar-refractivity contribution in [3.05, 3.63) is 18.0 Å². The molecule has 0 bridgehead atoms. The van der Waals surface area contributed by atoms with Gasteiger partial charge in [-0.05, 0) is 13.8 Å². The van der Waals surface area contributed by atoms with Gasteiger partial charge in [-0.2, -0.15) is 5.10 Å². The number of aromatic nitrogens is 2. The first-order valence-corrected chi connectivity index (χ1v) is 5.13. The van der Waals surface area contributed by atoms with Crippen LogP contribution < -0.4 is 5.32 Å². The van der Waals surface area contributed by atoms with Crippen LogP contribution in [0.3, 0.4) is 0 Å². The molecule has 1 unspecified atom stereocenters. The van der Waals surface area contributed by atoms with Crippen molar-refractivity contribution < 1.29 is 19.8 Å². The predicted molar refractivity (Wildman–Crippen MR) is 58.5 cm³/mol. The minimum atomic E-state index is -1.98. The molecule has 3 N–H and O–H groups in total. The minimum Gasteiger partial charge on any atom is -0.479 e. The van der Waals surface area contributed by atoms with E-state index in [1.54, 1.807) is 10.9 Å². The van der Waals surface area contributed by atoms with E-state index in [1.807, 2.05) is 6.92 Å². The molecular weight excluding hydrogens is 226 g/mol. The highest BCUT2D eigenvalue weighted by atomic mass is 16.4. The molecule has 7 heteroatoms. The quantitative estimate of drug-likeness (QED) is 0.642. The number of aliphatic hydroxyl groups is 1. The number of hydrogen-bond donors (Lipinski definition) is 3. The highest BCUT2D eigenvalue weighted by Crippen LogP contribution is 2.03. The summed E-state index contributed by atoms with van der Waals surface area (Å²) in [5.74, 6) is -1.85. The zero-order chi connectivity index (χ0) is 13.1. The Balaban J connectivity index is 2.58. The SMILES string of the molecule is CCn1cc(C(=O)NCC(C)(O)C(=O)O)cn1. The fraction of sp³-hybridized carbons (Fsp3) is 0.500. The molecule has 1 atom stereocenters. The number of hydrogen-bond acceptors (Lipinski definition) is 4. The van der Waals surface area contributed by atoms with Gasteiger partial charge < -0.3 is 15.5 Å². The first-order valence-electron chi connectivity index (χ1n) is 5.13. The van der Waals surface area contributed by atoms with E-state index in [9.17, 15) is 14.7 Å². The average molecular weight is 241 g/mol. The van der Waals surface area contributed by atoms with Crippen molar-refractivity contribution in [2.75, 3.05) is 6.54 Å². The van der Waals surface area contributed by atoms with Crippen LogP contribution in [0.2, 0.25) is 0 Å². The van der Waals surface area contributed by atoms with Crippen LogP contribution in [-0.4, -0.2) is 44.0 Å². The maximum atomic E-state index is 11.6. The van der Waals surface area contributed by atoms with E-state index in [4.69, 9.17) is 5.11 Å². The van der Waals surface area contributed by atoms with Gasteiger partial charge in [-0.3, -0.25) is 9.48 Å². The Kier molecular flexibility index (Phi) is 3.84. The standard InChI is InChI=1S/C10H15N3O4/c1-3-13-5-7(4-12-13)8(14)11-6-10(2,17)9(15)16/h4-5,17H,3,6H2,1-2H3,(H,11,14)(H,15,16). The first-order chi connectivity index (χ1) is 7.86. The van der Waals surface area contributed by atoms with Crippen molar-refractivity contribution in [3.8, 4) is 0 Å². The van der Waals surface area contributed by atoms with Crippen molar-refractivity contribution >= 4 is 11.9 Å². The number of rotatable bonds is 5. The summed E-state index contributed by atoms with van der Waals surface area (Å²) >= 11 is 0. The Morgan fingerprint density at radius 3 is 2.71 bits per heavy atom. The van der Waals surface area contributed by atoms with Gasteiger partial charge in [0.2, 0.25) is 0 Å². The molecule has 0 spiro atoms. The molecule has 1 rings (SSSR count). The van der Waals surface area contributed by atoms with E-state index < -0.39 is 17.5 Å². The van der Waals surface area contributed by atoms with Crippen molar-refractivity contribution in [1.29, 1.82) is 0 Å². The van der Waals surface area contributed by atoms with Gasteiger partial charge in [-0.25, -0.2) is 4.79 Å². The van der Waals surface area contributed by atoms with Gasteiger partial charge in [0.05, 0.1) is 18.3 Å². The second-order valence-corrected chi connectivity index (χ2v) is 3.85. The van der Waals surface area contributed by atoms with Crippen molar-refractivity contribution in [2.24, 2.45) is 0 Å². The number of carbonyl (C=O) groups is 2. The van der Waals surface area contributed by atoms with E-state index in [1.165, 1.54) is 6.20 Å². The number of aryl methyl sites for hydroxylation is 1. The minimum absolute atomic E-state index is 0.327. The number of carboxylic acids is 1. The Morgan fingerprint density at radius 2 is 2.24 bits per heavy atom. The van der Waals surface area contributed by atoms with Gasteiger partial charge >= 0.3 is 5.97 Å². The van der Waals surface area contributed by atoms with Gasteiger partial charge in [0.1, 0.15) is 0 Å². The molecule has 17 heavy (non-hydrogen) atoms. The highest BCUT2D eigenvalue weighted by Gasteiger charge is 2.30. The third kappa shape index (κ3) is 3.28. The largest absolute Gasteiger partial charge is 0.479 e. The van der Waals surface area contributed by atoms with Gasteiger partial charge in [-0.15, -0.1) is 0 Å². The van der Waals surface area contributed by atoms with Crippen LogP contribution in [0.1, 0.15) is 24.2 Å². The lowest BCUT2D eigenvalue weighted by Gasteiger charge is -2.17. The molecule has 0 aliphatic rings. The Labute approximate surface area is 98.1 Å². The van der Waals surface area contributed by atoms with E-state index in [0.29, 0.717) is 12.1 Å². The predicted octanol–water partition coefficient (Wildman–Crippen LogP) is -0.532. The smallest absolute Gasteiger partial charge is 0.337 e. The van der Waals surface area contributed by atoms with E-state index in [-0.39, 0.29) is 6.54 Å². The van der Waals surface area contributed by atoms with E-state index >= 15 is 0 Å². The van der Waals surface area contributed by atoms with E-state index in [0.717, 1.165) is 6.92 Å². The summed E-state index contributed by atoms with van der Waals surface area (Å²) < 4.78 is 1.57. The van der Waals surface area contributed by atoms with Crippen LogP contribution in [0.15, 0.2) is 12.4 Å². The maximum Gasteiger partial charge on any atom is 0.337 e. The normalized spacial score (nSPS) is 14.1. The number of aliphatic carboxylic acids is 1. The number of amides is 1. The summed E-state index contributed by atoms with van der Waals surface area (Å²) in [5.41, 5.74) is -1.65. The van der Waals surface area contributed by atoms with Crippen molar-refractivity contribution in [3.63, 3.8) is 0 Å². The molecule has 1 aromatic heterocycles. The summed E-state index contributed by atoms with van der Waals surface area (Å²) in [7, 11) is 0. The lowest BCUT2D eigenvalue weighted by Crippen LogP contribution is -2.46. The monoisotopic (exact) mass is 241 g/mol. The molecule has 1 heterocycles. The maximum absolute atomic E-state index is 11.6. The Hall–Kier alpha value is -1.89. The molecule has 1 aromatic rings. The lowest BCUT2D eigenvalue weighted by atomic mass is 10.1. The molecule has 94 valence electrons. The first kappa shape index (κ1) is 13.2. The molecule has 0 saturated carbocycles. The fourth-order valence-corrected chi connectivity index (χ4v) is 1.08. The third-order valence-corrected chi connectivity index (χ3v) is 2.27. The summed E-state index contributed by atoms with van der Waals surface area (Å²) in [6.45, 7) is 3.27. The number of nitrogens with one attached hydrogen (secondary N) is 1. The van der Waals surface area contributed by atoms with Gasteiger partial charge in [-0.1, -0.05) is 0 Å². The third-order valence-electron chi connectivity index (χ3n) is 2.27. The molecule has 1 amide bonds. The summed E-state index contributed by atoms with van der Waals surface area (Å²) in [5, 5.41) is 24.3. The molecule has 0 radical (unpaired) electrons. The van der Waals surface area contributed by atoms with Gasteiger partial charge in [0.15, 0.2) is 5.60 Å². The molecule has 0 fully saturated rings. The highest BCUT2D eigenvalue weighted by molar-refractivity contribution is 5.94. The van der Waals surface area contributed by atoms with Crippen molar-refractivity contribution in [1.82, 2.24) is 15.1 Å². The molecule has 0 aliphatic heterocycles. The van der Waals surface area contributed by atoms with Crippen LogP contribution in [0.4, 0.5) is 0 Å². The lowest BCUT2D eigenvalue weighted by molar-refractivity contribution is -0.155. The molecular formula is C10H15N3O4. The summed E-state index contributed by atoms with van der Waals surface area (Å²) in [6, 6.07) is 0. The number of carbonyl (C=O) groups excluding carboxylic acids is 1. The summed E-state index contributed by atoms with van der Waals surface area (Å²) in [6.07, 6.45) is 2.93. The Morgan fingerprint density at radius 1 is 1.59 bits per heavy atom. The zero-order valence-electron chi connectivity index (χ0n) is 9.67. The zero-order valence-corrected chi connectivity index (χ0v) is 9.67. The molecule has 7 nitrogen and oxygen atoms in total. The van der Waals surface area contributed by atoms with Crippen LogP contribution in [0, 0.1) is 0 Å². The molecule has 0 saturated heterocycles. The number of nitrogens with zero attached hydrogens (tertiary/aromatic N) is 2. The topological polar surface area (TPSA) is 104 Å². The van der Waals surface area contributed by atoms with Crippen molar-refractivity contribution in [2.45, 2.75) is 26.0 Å². The van der Waals surface area contributed by atoms with E-state index in [2.05, 4.69) is 10.4 Å². The van der Waals surface area contributed by atoms with Crippen LogP contribution in [0.5, 0.6) is 0 Å². The average Bonchev–Trinajstić information content (AvgIpc) is 2.74. The van der Waals surface area contributed by atoms with Gasteiger partial charge in [0.25, 0.3) is 5.91 Å². The second-order valence-electron chi connectivity index (χ2n) is 3.85. The van der Waals surface area contributed by atoms with Crippen LogP contribution >= 0.6 is 0 Å². The Bertz CT molecular complexity index is 425. The number of carboxylic acid groups (broad SMARTS) is 1. The second kappa shape index (κ2) is 4.96. The molecule has 0 aromatic carbocycles. The van der Waals surface area contributed by atoms with Gasteiger partial charge in [0, 0.05) is 12.7 Å². The fourth-order valence-electron chi connectivity index (χ4n) is 1.08.